The monoisotopic (exact) mass is 292 g/mol. The molecule has 0 unspecified atom stereocenters. The second kappa shape index (κ2) is 5.88. The smallest absolute Gasteiger partial charge is 0.131 e. The Morgan fingerprint density at radius 3 is 2.55 bits per heavy atom. The Balaban J connectivity index is 2.20. The molecular weight excluding hydrogens is 272 g/mol. The molecule has 0 radical (unpaired) electrons. The minimum atomic E-state index is 0.429. The highest BCUT2D eigenvalue weighted by Gasteiger charge is 2.12. The van der Waals surface area contributed by atoms with Gasteiger partial charge in [0.2, 0.25) is 0 Å². The van der Waals surface area contributed by atoms with Gasteiger partial charge in [-0.15, -0.1) is 0 Å². The van der Waals surface area contributed by atoms with Gasteiger partial charge in [0.05, 0.1) is 16.4 Å². The number of benzene rings is 1. The van der Waals surface area contributed by atoms with Crippen molar-refractivity contribution in [3.05, 3.63) is 45.7 Å². The van der Waals surface area contributed by atoms with Crippen LogP contribution in [0.25, 0.3) is 0 Å². The minimum Gasteiger partial charge on any atom is -0.487 e. The topological polar surface area (TPSA) is 27.1 Å². The van der Waals surface area contributed by atoms with Crippen LogP contribution in [0.4, 0.5) is 0 Å². The molecule has 0 saturated carbocycles. The van der Waals surface area contributed by atoms with Gasteiger partial charge in [0.15, 0.2) is 0 Å². The Morgan fingerprint density at radius 2 is 2.00 bits per heavy atom. The van der Waals surface area contributed by atoms with Gasteiger partial charge in [-0.25, -0.2) is 0 Å². The number of rotatable bonds is 4. The molecule has 108 valence electrons. The molecule has 0 atom stereocenters. The molecule has 3 nitrogen and oxygen atoms in total. The molecule has 4 heteroatoms. The fourth-order valence-corrected chi connectivity index (χ4v) is 2.33. The fourth-order valence-electron chi connectivity index (χ4n) is 2.11. The number of halogens is 1. The molecule has 0 aliphatic rings. The number of hydrogen-bond donors (Lipinski definition) is 0. The lowest BCUT2D eigenvalue weighted by Crippen LogP contribution is -2.04. The third kappa shape index (κ3) is 2.98. The van der Waals surface area contributed by atoms with Gasteiger partial charge in [-0.2, -0.15) is 5.10 Å². The molecule has 0 N–H and O–H groups in total. The van der Waals surface area contributed by atoms with E-state index in [1.807, 2.05) is 14.0 Å². The van der Waals surface area contributed by atoms with Crippen molar-refractivity contribution in [3.63, 3.8) is 0 Å². The van der Waals surface area contributed by atoms with E-state index in [2.05, 4.69) is 44.1 Å². The van der Waals surface area contributed by atoms with Gasteiger partial charge in [0.1, 0.15) is 12.4 Å². The third-order valence-corrected chi connectivity index (χ3v) is 4.00. The molecule has 1 aromatic heterocycles. The number of ether oxygens (including phenoxy) is 1. The maximum atomic E-state index is 6.24. The van der Waals surface area contributed by atoms with E-state index in [4.69, 9.17) is 16.3 Å². The van der Waals surface area contributed by atoms with E-state index in [1.165, 1.54) is 5.56 Å². The maximum absolute atomic E-state index is 6.24. The fraction of sp³-hybridized carbons (Fsp3) is 0.438. The summed E-state index contributed by atoms with van der Waals surface area (Å²) in [7, 11) is 1.88. The summed E-state index contributed by atoms with van der Waals surface area (Å²) in [5, 5.41) is 4.98. The second-order valence-electron chi connectivity index (χ2n) is 5.44. The van der Waals surface area contributed by atoms with Gasteiger partial charge in [-0.05, 0) is 37.0 Å². The highest BCUT2D eigenvalue weighted by Crippen LogP contribution is 2.26. The Hall–Kier alpha value is -1.48. The van der Waals surface area contributed by atoms with Crippen molar-refractivity contribution in [1.29, 1.82) is 0 Å². The number of aryl methyl sites for hydroxylation is 3. The molecule has 1 aromatic carbocycles. The van der Waals surface area contributed by atoms with Crippen LogP contribution in [0, 0.1) is 13.8 Å². The molecule has 1 heterocycles. The van der Waals surface area contributed by atoms with E-state index in [0.29, 0.717) is 17.5 Å². The van der Waals surface area contributed by atoms with Gasteiger partial charge in [0, 0.05) is 7.05 Å². The summed E-state index contributed by atoms with van der Waals surface area (Å²) < 4.78 is 7.72. The molecule has 0 bridgehead atoms. The number of nitrogens with zero attached hydrogens (tertiary/aromatic N) is 2. The average Bonchev–Trinajstić information content (AvgIpc) is 2.63. The highest BCUT2D eigenvalue weighted by atomic mass is 35.5. The Kier molecular flexibility index (Phi) is 4.39. The Morgan fingerprint density at radius 1 is 1.30 bits per heavy atom. The van der Waals surface area contributed by atoms with Crippen LogP contribution in [0.15, 0.2) is 18.2 Å². The molecule has 0 saturated heterocycles. The summed E-state index contributed by atoms with van der Waals surface area (Å²) in [5.74, 6) is 1.40. The van der Waals surface area contributed by atoms with E-state index < -0.39 is 0 Å². The lowest BCUT2D eigenvalue weighted by atomic mass is 10.0. The van der Waals surface area contributed by atoms with Crippen molar-refractivity contribution in [2.75, 3.05) is 0 Å². The minimum absolute atomic E-state index is 0.429. The molecule has 0 aliphatic heterocycles. The van der Waals surface area contributed by atoms with Crippen LogP contribution in [-0.2, 0) is 13.7 Å². The highest BCUT2D eigenvalue weighted by molar-refractivity contribution is 6.31. The molecule has 0 fully saturated rings. The zero-order valence-electron chi connectivity index (χ0n) is 12.7. The first-order valence-electron chi connectivity index (χ1n) is 6.81. The van der Waals surface area contributed by atoms with Crippen molar-refractivity contribution in [1.82, 2.24) is 9.78 Å². The van der Waals surface area contributed by atoms with Crippen molar-refractivity contribution in [2.45, 2.75) is 40.2 Å². The third-order valence-electron chi connectivity index (χ3n) is 3.50. The van der Waals surface area contributed by atoms with Crippen LogP contribution < -0.4 is 4.74 Å². The number of aromatic nitrogens is 2. The zero-order valence-corrected chi connectivity index (χ0v) is 13.5. The van der Waals surface area contributed by atoms with Gasteiger partial charge in [-0.3, -0.25) is 4.68 Å². The summed E-state index contributed by atoms with van der Waals surface area (Å²) in [5.41, 5.74) is 4.14. The van der Waals surface area contributed by atoms with E-state index in [9.17, 15) is 0 Å². The van der Waals surface area contributed by atoms with Crippen molar-refractivity contribution in [3.8, 4) is 5.75 Å². The normalized spacial score (nSPS) is 11.2. The van der Waals surface area contributed by atoms with Crippen LogP contribution in [0.2, 0.25) is 5.02 Å². The molecule has 0 aliphatic carbocycles. The lowest BCUT2D eigenvalue weighted by molar-refractivity contribution is 0.292. The summed E-state index contributed by atoms with van der Waals surface area (Å²) in [6, 6.07) is 6.35. The Bertz CT molecular complexity index is 617. The molecule has 20 heavy (non-hydrogen) atoms. The van der Waals surface area contributed by atoms with Gasteiger partial charge < -0.3 is 4.74 Å². The van der Waals surface area contributed by atoms with Crippen molar-refractivity contribution in [2.24, 2.45) is 7.05 Å². The lowest BCUT2D eigenvalue weighted by Gasteiger charge is -2.13. The predicted molar refractivity (Wildman–Crippen MR) is 82.6 cm³/mol. The molecular formula is C16H21ClN2O. The van der Waals surface area contributed by atoms with Crippen molar-refractivity contribution < 1.29 is 4.74 Å². The quantitative estimate of drug-likeness (QED) is 0.835. The first-order chi connectivity index (χ1) is 9.40. The SMILES string of the molecule is Cc1ccc(C(C)C)cc1OCc1c(Cl)c(C)nn1C. The van der Waals surface area contributed by atoms with Crippen LogP contribution in [0.3, 0.4) is 0 Å². The van der Waals surface area contributed by atoms with Gasteiger partial charge in [-0.1, -0.05) is 37.6 Å². The second-order valence-corrected chi connectivity index (χ2v) is 5.82. The predicted octanol–water partition coefficient (Wildman–Crippen LogP) is 4.39. The summed E-state index contributed by atoms with van der Waals surface area (Å²) in [4.78, 5) is 0. The Labute approximate surface area is 125 Å². The molecule has 0 spiro atoms. The van der Waals surface area contributed by atoms with Gasteiger partial charge in [0.25, 0.3) is 0 Å². The maximum Gasteiger partial charge on any atom is 0.131 e. The molecule has 2 rings (SSSR count). The van der Waals surface area contributed by atoms with Gasteiger partial charge >= 0.3 is 0 Å². The van der Waals surface area contributed by atoms with Crippen LogP contribution in [0.1, 0.15) is 42.3 Å². The largest absolute Gasteiger partial charge is 0.487 e. The first-order valence-corrected chi connectivity index (χ1v) is 7.19. The summed E-state index contributed by atoms with van der Waals surface area (Å²) in [6.45, 7) is 8.73. The number of hydrogen-bond acceptors (Lipinski definition) is 2. The van der Waals surface area contributed by atoms with Crippen LogP contribution in [0.5, 0.6) is 5.75 Å². The zero-order chi connectivity index (χ0) is 14.9. The van der Waals surface area contributed by atoms with E-state index in [0.717, 1.165) is 22.7 Å². The first kappa shape index (κ1) is 14.9. The summed E-state index contributed by atoms with van der Waals surface area (Å²) >= 11 is 6.24. The molecule has 2 aromatic rings. The average molecular weight is 293 g/mol. The van der Waals surface area contributed by atoms with E-state index in [1.54, 1.807) is 4.68 Å². The van der Waals surface area contributed by atoms with Crippen molar-refractivity contribution >= 4 is 11.6 Å². The van der Waals surface area contributed by atoms with Crippen LogP contribution in [-0.4, -0.2) is 9.78 Å². The molecule has 0 amide bonds. The van der Waals surface area contributed by atoms with E-state index in [-0.39, 0.29) is 0 Å². The summed E-state index contributed by atoms with van der Waals surface area (Å²) in [6.07, 6.45) is 0. The standard InChI is InChI=1S/C16H21ClN2O/c1-10(2)13-7-6-11(3)15(8-13)20-9-14-16(17)12(4)18-19(14)5/h6-8,10H,9H2,1-5H3. The van der Waals surface area contributed by atoms with Crippen LogP contribution >= 0.6 is 11.6 Å². The van der Waals surface area contributed by atoms with E-state index >= 15 is 0 Å².